The van der Waals surface area contributed by atoms with Crippen LogP contribution in [0.1, 0.15) is 69.7 Å². The van der Waals surface area contributed by atoms with Gasteiger partial charge in [-0.3, -0.25) is 4.90 Å². The summed E-state index contributed by atoms with van der Waals surface area (Å²) in [5.41, 5.74) is 4.59. The van der Waals surface area contributed by atoms with Gasteiger partial charge in [0.15, 0.2) is 0 Å². The maximum atomic E-state index is 15.5. The minimum atomic E-state index is -0.374. The molecule has 2 aromatic rings. The van der Waals surface area contributed by atoms with Crippen LogP contribution in [0.25, 0.3) is 11.1 Å². The second-order valence-electron chi connectivity index (χ2n) is 12.0. The van der Waals surface area contributed by atoms with E-state index in [0.717, 1.165) is 68.4 Å². The van der Waals surface area contributed by atoms with Crippen LogP contribution in [0.5, 0.6) is 0 Å². The SMILES string of the molecule is CC(C)Cc1cccc(-c2cc3c(cc2F)[C@H](NC(=O)O[C@H]2CN4CCC2CC4)C(C)(C)CC3)c1. The van der Waals surface area contributed by atoms with Gasteiger partial charge in [-0.05, 0) is 96.8 Å². The molecule has 1 N–H and O–H groups in total. The van der Waals surface area contributed by atoms with Crippen LogP contribution in [-0.4, -0.2) is 36.7 Å². The number of alkyl carbamates (subject to hydrolysis) is 1. The van der Waals surface area contributed by atoms with Crippen molar-refractivity contribution in [2.75, 3.05) is 19.6 Å². The van der Waals surface area contributed by atoms with E-state index in [4.69, 9.17) is 4.74 Å². The lowest BCUT2D eigenvalue weighted by atomic mass is 9.70. The lowest BCUT2D eigenvalue weighted by Crippen LogP contribution is -2.53. The van der Waals surface area contributed by atoms with Crippen LogP contribution in [0.3, 0.4) is 0 Å². The number of amides is 1. The number of aryl methyl sites for hydroxylation is 1. The molecule has 0 spiro atoms. The predicted molar refractivity (Wildman–Crippen MR) is 138 cm³/mol. The summed E-state index contributed by atoms with van der Waals surface area (Å²) in [5, 5.41) is 3.14. The van der Waals surface area contributed by atoms with Gasteiger partial charge in [0, 0.05) is 12.1 Å². The Bertz CT molecular complexity index is 1090. The summed E-state index contributed by atoms with van der Waals surface area (Å²) in [6.45, 7) is 11.7. The van der Waals surface area contributed by atoms with E-state index >= 15 is 4.39 Å². The molecular weight excluding hydrogens is 439 g/mol. The Kier molecular flexibility index (Phi) is 6.65. The van der Waals surface area contributed by atoms with E-state index in [1.807, 2.05) is 18.2 Å². The van der Waals surface area contributed by atoms with Crippen LogP contribution >= 0.6 is 0 Å². The molecule has 0 unspecified atom stereocenters. The fraction of sp³-hybridized carbons (Fsp3) is 0.567. The van der Waals surface area contributed by atoms with Crippen molar-refractivity contribution in [2.45, 2.75) is 71.9 Å². The zero-order valence-corrected chi connectivity index (χ0v) is 21.6. The van der Waals surface area contributed by atoms with Crippen molar-refractivity contribution in [3.8, 4) is 11.1 Å². The quantitative estimate of drug-likeness (QED) is 0.532. The maximum Gasteiger partial charge on any atom is 0.407 e. The Morgan fingerprint density at radius 1 is 1.20 bits per heavy atom. The molecule has 35 heavy (non-hydrogen) atoms. The Balaban J connectivity index is 1.38. The summed E-state index contributed by atoms with van der Waals surface area (Å²) < 4.78 is 21.5. The number of benzene rings is 2. The van der Waals surface area contributed by atoms with Crippen LogP contribution in [-0.2, 0) is 17.6 Å². The standard InChI is InChI=1S/C30H39FN2O2/c1-19(2)14-20-6-5-7-22(15-20)24-16-23-8-11-30(3,4)28(25(23)17-26(24)31)32-29(34)35-27-18-33-12-9-21(27)10-13-33/h5-7,15-17,19,21,27-28H,8-14,18H2,1-4H3,(H,32,34)/t27-,28-/m0/s1. The summed E-state index contributed by atoms with van der Waals surface area (Å²) in [7, 11) is 0. The molecule has 3 aliphatic heterocycles. The zero-order valence-electron chi connectivity index (χ0n) is 21.6. The number of piperidine rings is 3. The van der Waals surface area contributed by atoms with E-state index in [1.54, 1.807) is 6.07 Å². The minimum absolute atomic E-state index is 0.0408. The maximum absolute atomic E-state index is 15.5. The summed E-state index contributed by atoms with van der Waals surface area (Å²) in [6.07, 6.45) is 4.55. The first-order valence-electron chi connectivity index (χ1n) is 13.3. The third-order valence-corrected chi connectivity index (χ3v) is 8.36. The molecular formula is C30H39FN2O2. The van der Waals surface area contributed by atoms with Crippen molar-refractivity contribution in [1.82, 2.24) is 10.2 Å². The van der Waals surface area contributed by atoms with Gasteiger partial charge in [-0.1, -0.05) is 52.0 Å². The highest BCUT2D eigenvalue weighted by Gasteiger charge is 2.40. The molecule has 2 atom stereocenters. The first kappa shape index (κ1) is 24.3. The van der Waals surface area contributed by atoms with Gasteiger partial charge in [-0.15, -0.1) is 0 Å². The number of carbonyl (C=O) groups excluding carboxylic acids is 1. The number of carbonyl (C=O) groups is 1. The molecule has 188 valence electrons. The van der Waals surface area contributed by atoms with Gasteiger partial charge in [0.2, 0.25) is 0 Å². The second kappa shape index (κ2) is 9.57. The van der Waals surface area contributed by atoms with Crippen LogP contribution in [0, 0.1) is 23.1 Å². The number of rotatable bonds is 5. The molecule has 0 aromatic heterocycles. The third kappa shape index (κ3) is 5.11. The molecule has 1 aliphatic carbocycles. The van der Waals surface area contributed by atoms with E-state index in [2.05, 4.69) is 50.0 Å². The highest BCUT2D eigenvalue weighted by atomic mass is 19.1. The molecule has 3 fully saturated rings. The van der Waals surface area contributed by atoms with Crippen LogP contribution in [0.4, 0.5) is 9.18 Å². The molecule has 6 rings (SSSR count). The van der Waals surface area contributed by atoms with Gasteiger partial charge in [-0.2, -0.15) is 0 Å². The van der Waals surface area contributed by atoms with Gasteiger partial charge in [0.1, 0.15) is 11.9 Å². The number of hydrogen-bond donors (Lipinski definition) is 1. The average Bonchev–Trinajstić information content (AvgIpc) is 2.81. The summed E-state index contributed by atoms with van der Waals surface area (Å²) in [6, 6.07) is 11.6. The Morgan fingerprint density at radius 3 is 2.66 bits per heavy atom. The Labute approximate surface area is 209 Å². The second-order valence-corrected chi connectivity index (χ2v) is 12.0. The molecule has 4 nitrogen and oxygen atoms in total. The van der Waals surface area contributed by atoms with Crippen molar-refractivity contribution >= 4 is 6.09 Å². The third-order valence-electron chi connectivity index (χ3n) is 8.36. The minimum Gasteiger partial charge on any atom is -0.445 e. The van der Waals surface area contributed by atoms with Crippen molar-refractivity contribution in [3.63, 3.8) is 0 Å². The first-order valence-corrected chi connectivity index (χ1v) is 13.3. The van der Waals surface area contributed by atoms with E-state index in [1.165, 1.54) is 5.56 Å². The fourth-order valence-electron chi connectivity index (χ4n) is 6.31. The van der Waals surface area contributed by atoms with Crippen molar-refractivity contribution in [3.05, 3.63) is 58.9 Å². The lowest BCUT2D eigenvalue weighted by molar-refractivity contribution is -0.0353. The number of halogens is 1. The summed E-state index contributed by atoms with van der Waals surface area (Å²) in [5.74, 6) is 0.776. The van der Waals surface area contributed by atoms with Gasteiger partial charge in [-0.25, -0.2) is 9.18 Å². The zero-order chi connectivity index (χ0) is 24.7. The van der Waals surface area contributed by atoms with Gasteiger partial charge < -0.3 is 10.1 Å². The number of nitrogens with one attached hydrogen (secondary N) is 1. The Morgan fingerprint density at radius 2 is 1.97 bits per heavy atom. The summed E-state index contributed by atoms with van der Waals surface area (Å²) >= 11 is 0. The number of fused-ring (bicyclic) bond motifs is 4. The van der Waals surface area contributed by atoms with Crippen LogP contribution < -0.4 is 5.32 Å². The van der Waals surface area contributed by atoms with Crippen LogP contribution in [0.2, 0.25) is 0 Å². The van der Waals surface area contributed by atoms with E-state index in [0.29, 0.717) is 17.4 Å². The molecule has 0 radical (unpaired) electrons. The smallest absolute Gasteiger partial charge is 0.407 e. The normalized spacial score (nSPS) is 26.9. The van der Waals surface area contributed by atoms with Crippen molar-refractivity contribution in [1.29, 1.82) is 0 Å². The number of nitrogens with zero attached hydrogens (tertiary/aromatic N) is 1. The van der Waals surface area contributed by atoms with Crippen molar-refractivity contribution in [2.24, 2.45) is 17.3 Å². The largest absolute Gasteiger partial charge is 0.445 e. The highest BCUT2D eigenvalue weighted by molar-refractivity contribution is 5.70. The predicted octanol–water partition coefficient (Wildman–Crippen LogP) is 6.53. The molecule has 0 saturated carbocycles. The average molecular weight is 479 g/mol. The number of ether oxygens (including phenoxy) is 1. The van der Waals surface area contributed by atoms with E-state index < -0.39 is 0 Å². The van der Waals surface area contributed by atoms with Gasteiger partial charge in [0.05, 0.1) is 6.04 Å². The highest BCUT2D eigenvalue weighted by Crippen LogP contribution is 2.45. The van der Waals surface area contributed by atoms with Gasteiger partial charge >= 0.3 is 6.09 Å². The van der Waals surface area contributed by atoms with Crippen LogP contribution in [0.15, 0.2) is 36.4 Å². The molecule has 2 bridgehead atoms. The van der Waals surface area contributed by atoms with E-state index in [-0.39, 0.29) is 29.5 Å². The fourth-order valence-corrected chi connectivity index (χ4v) is 6.31. The molecule has 1 amide bonds. The van der Waals surface area contributed by atoms with E-state index in [9.17, 15) is 4.79 Å². The molecule has 3 heterocycles. The van der Waals surface area contributed by atoms with Gasteiger partial charge in [0.25, 0.3) is 0 Å². The number of hydrogen-bond acceptors (Lipinski definition) is 3. The topological polar surface area (TPSA) is 41.6 Å². The molecule has 5 heteroatoms. The van der Waals surface area contributed by atoms with Crippen molar-refractivity contribution < 1.29 is 13.9 Å². The molecule has 3 saturated heterocycles. The Hall–Kier alpha value is -2.40. The first-order chi connectivity index (χ1) is 16.7. The monoisotopic (exact) mass is 478 g/mol. The lowest BCUT2D eigenvalue weighted by Gasteiger charge is -2.44. The molecule has 4 aliphatic rings. The summed E-state index contributed by atoms with van der Waals surface area (Å²) in [4.78, 5) is 15.4. The molecule has 2 aromatic carbocycles.